The van der Waals surface area contributed by atoms with E-state index in [9.17, 15) is 0 Å². The van der Waals surface area contributed by atoms with Gasteiger partial charge in [-0.1, -0.05) is 0 Å². The van der Waals surface area contributed by atoms with Crippen LogP contribution in [-0.2, 0) is 4.74 Å². The second-order valence-electron chi connectivity index (χ2n) is 5.10. The fourth-order valence-corrected chi connectivity index (χ4v) is 2.24. The highest BCUT2D eigenvalue weighted by Gasteiger charge is 2.28. The number of rotatable bonds is 7. The third-order valence-electron chi connectivity index (χ3n) is 3.41. The van der Waals surface area contributed by atoms with Crippen LogP contribution in [0.2, 0.25) is 0 Å². The van der Waals surface area contributed by atoms with E-state index in [1.54, 1.807) is 7.11 Å². The molecule has 4 nitrogen and oxygen atoms in total. The fourth-order valence-electron chi connectivity index (χ4n) is 2.24. The Balaban J connectivity index is 1.61. The molecule has 0 radical (unpaired) electrons. The predicted octanol–water partition coefficient (Wildman–Crippen LogP) is 2.23. The molecule has 1 aliphatic rings. The Morgan fingerprint density at radius 1 is 1.26 bits per heavy atom. The van der Waals surface area contributed by atoms with Crippen molar-refractivity contribution >= 4 is 0 Å². The number of benzene rings is 1. The molecule has 0 bridgehead atoms. The van der Waals surface area contributed by atoms with Crippen LogP contribution in [0, 0.1) is 0 Å². The average molecular weight is 265 g/mol. The quantitative estimate of drug-likeness (QED) is 0.767. The van der Waals surface area contributed by atoms with E-state index in [0.29, 0.717) is 6.61 Å². The van der Waals surface area contributed by atoms with Crippen LogP contribution in [0.1, 0.15) is 19.8 Å². The molecule has 106 valence electrons. The summed E-state index contributed by atoms with van der Waals surface area (Å²) in [4.78, 5) is 0. The van der Waals surface area contributed by atoms with Gasteiger partial charge in [0.1, 0.15) is 18.1 Å². The van der Waals surface area contributed by atoms with Gasteiger partial charge in [-0.3, -0.25) is 0 Å². The second kappa shape index (κ2) is 6.78. The molecule has 0 aliphatic carbocycles. The third kappa shape index (κ3) is 4.40. The van der Waals surface area contributed by atoms with Gasteiger partial charge in [-0.15, -0.1) is 0 Å². The summed E-state index contributed by atoms with van der Waals surface area (Å²) in [6, 6.07) is 7.63. The van der Waals surface area contributed by atoms with E-state index in [1.165, 1.54) is 6.42 Å². The lowest BCUT2D eigenvalue weighted by atomic mass is 10.0. The van der Waals surface area contributed by atoms with E-state index < -0.39 is 0 Å². The highest BCUT2D eigenvalue weighted by molar-refractivity contribution is 5.31. The molecule has 19 heavy (non-hydrogen) atoms. The molecule has 1 heterocycles. The highest BCUT2D eigenvalue weighted by Crippen LogP contribution is 2.23. The monoisotopic (exact) mass is 265 g/mol. The Kier molecular flexibility index (Phi) is 5.05. The zero-order chi connectivity index (χ0) is 13.6. The van der Waals surface area contributed by atoms with E-state index in [-0.39, 0.29) is 5.60 Å². The van der Waals surface area contributed by atoms with Crippen LogP contribution in [0.25, 0.3) is 0 Å². The van der Waals surface area contributed by atoms with E-state index in [4.69, 9.17) is 14.2 Å². The standard InChI is InChI=1S/C15H23NO3/c1-15(8-3-10-19-15)12-16-9-11-18-14-6-4-13(17-2)5-7-14/h4-7,16H,3,8-12H2,1-2H3. The van der Waals surface area contributed by atoms with Crippen LogP contribution in [0.4, 0.5) is 0 Å². The van der Waals surface area contributed by atoms with Crippen molar-refractivity contribution in [2.75, 3.05) is 33.4 Å². The Morgan fingerprint density at radius 3 is 2.63 bits per heavy atom. The highest BCUT2D eigenvalue weighted by atomic mass is 16.5. The van der Waals surface area contributed by atoms with Crippen molar-refractivity contribution in [1.29, 1.82) is 0 Å². The first kappa shape index (κ1) is 14.2. The van der Waals surface area contributed by atoms with Crippen LogP contribution in [0.3, 0.4) is 0 Å². The first-order valence-electron chi connectivity index (χ1n) is 6.83. The van der Waals surface area contributed by atoms with Crippen LogP contribution in [0.15, 0.2) is 24.3 Å². The molecule has 1 N–H and O–H groups in total. The molecule has 0 amide bonds. The number of hydrogen-bond donors (Lipinski definition) is 1. The van der Waals surface area contributed by atoms with Gasteiger partial charge in [0, 0.05) is 19.7 Å². The Morgan fingerprint density at radius 2 is 2.00 bits per heavy atom. The number of hydrogen-bond acceptors (Lipinski definition) is 4. The maximum atomic E-state index is 5.71. The van der Waals surface area contributed by atoms with E-state index >= 15 is 0 Å². The maximum Gasteiger partial charge on any atom is 0.119 e. The van der Waals surface area contributed by atoms with Crippen LogP contribution < -0.4 is 14.8 Å². The minimum atomic E-state index is 0.0140. The molecule has 1 aliphatic heterocycles. The lowest BCUT2D eigenvalue weighted by Crippen LogP contribution is -2.38. The average Bonchev–Trinajstić information content (AvgIpc) is 2.86. The zero-order valence-electron chi connectivity index (χ0n) is 11.8. The molecule has 2 rings (SSSR count). The number of methoxy groups -OCH3 is 1. The van der Waals surface area contributed by atoms with Gasteiger partial charge >= 0.3 is 0 Å². The summed E-state index contributed by atoms with van der Waals surface area (Å²) >= 11 is 0. The molecule has 1 saturated heterocycles. The van der Waals surface area contributed by atoms with Crippen molar-refractivity contribution in [3.05, 3.63) is 24.3 Å². The first-order chi connectivity index (χ1) is 9.22. The van der Waals surface area contributed by atoms with Crippen LogP contribution in [0.5, 0.6) is 11.5 Å². The predicted molar refractivity (Wildman–Crippen MR) is 74.9 cm³/mol. The number of nitrogens with one attached hydrogen (secondary N) is 1. The van der Waals surface area contributed by atoms with Crippen molar-refractivity contribution in [2.24, 2.45) is 0 Å². The Bertz CT molecular complexity index is 371. The first-order valence-corrected chi connectivity index (χ1v) is 6.83. The van der Waals surface area contributed by atoms with Crippen molar-refractivity contribution in [3.8, 4) is 11.5 Å². The summed E-state index contributed by atoms with van der Waals surface area (Å²) in [5, 5.41) is 3.39. The molecule has 1 unspecified atom stereocenters. The lowest BCUT2D eigenvalue weighted by molar-refractivity contribution is 0.0205. The van der Waals surface area contributed by atoms with Gasteiger partial charge in [0.25, 0.3) is 0 Å². The molecule has 1 atom stereocenters. The summed E-state index contributed by atoms with van der Waals surface area (Å²) < 4.78 is 16.5. The zero-order valence-corrected chi connectivity index (χ0v) is 11.8. The van der Waals surface area contributed by atoms with E-state index in [0.717, 1.165) is 37.6 Å². The van der Waals surface area contributed by atoms with E-state index in [2.05, 4.69) is 12.2 Å². The third-order valence-corrected chi connectivity index (χ3v) is 3.41. The van der Waals surface area contributed by atoms with Crippen molar-refractivity contribution in [2.45, 2.75) is 25.4 Å². The Hall–Kier alpha value is -1.26. The molecule has 1 fully saturated rings. The van der Waals surface area contributed by atoms with Gasteiger partial charge in [0.05, 0.1) is 12.7 Å². The smallest absolute Gasteiger partial charge is 0.119 e. The summed E-state index contributed by atoms with van der Waals surface area (Å²) in [5.74, 6) is 1.71. The SMILES string of the molecule is COc1ccc(OCCNCC2(C)CCCO2)cc1. The molecule has 1 aromatic rings. The Labute approximate surface area is 115 Å². The van der Waals surface area contributed by atoms with Gasteiger partial charge in [-0.05, 0) is 44.0 Å². The van der Waals surface area contributed by atoms with Gasteiger partial charge in [-0.25, -0.2) is 0 Å². The fraction of sp³-hybridized carbons (Fsp3) is 0.600. The largest absolute Gasteiger partial charge is 0.497 e. The molecular weight excluding hydrogens is 242 g/mol. The summed E-state index contributed by atoms with van der Waals surface area (Å²) in [7, 11) is 1.66. The van der Waals surface area contributed by atoms with Crippen LogP contribution in [-0.4, -0.2) is 39.0 Å². The topological polar surface area (TPSA) is 39.7 Å². The summed E-state index contributed by atoms with van der Waals surface area (Å²) in [6.45, 7) is 5.42. The van der Waals surface area contributed by atoms with Gasteiger partial charge in [0.15, 0.2) is 0 Å². The molecule has 0 aromatic heterocycles. The second-order valence-corrected chi connectivity index (χ2v) is 5.10. The molecule has 1 aromatic carbocycles. The van der Waals surface area contributed by atoms with Gasteiger partial charge in [-0.2, -0.15) is 0 Å². The maximum absolute atomic E-state index is 5.71. The van der Waals surface area contributed by atoms with Crippen LogP contribution >= 0.6 is 0 Å². The molecule has 0 saturated carbocycles. The summed E-state index contributed by atoms with van der Waals surface area (Å²) in [5.41, 5.74) is 0.0140. The van der Waals surface area contributed by atoms with Crippen molar-refractivity contribution < 1.29 is 14.2 Å². The van der Waals surface area contributed by atoms with Gasteiger partial charge < -0.3 is 19.5 Å². The minimum absolute atomic E-state index is 0.0140. The minimum Gasteiger partial charge on any atom is -0.497 e. The summed E-state index contributed by atoms with van der Waals surface area (Å²) in [6.07, 6.45) is 2.31. The van der Waals surface area contributed by atoms with Gasteiger partial charge in [0.2, 0.25) is 0 Å². The lowest BCUT2D eigenvalue weighted by Gasteiger charge is -2.23. The van der Waals surface area contributed by atoms with Crippen molar-refractivity contribution in [1.82, 2.24) is 5.32 Å². The molecule has 0 spiro atoms. The van der Waals surface area contributed by atoms with E-state index in [1.807, 2.05) is 24.3 Å². The normalized spacial score (nSPS) is 22.4. The molecule has 4 heteroatoms. The molecular formula is C15H23NO3. The van der Waals surface area contributed by atoms with Crippen molar-refractivity contribution in [3.63, 3.8) is 0 Å². The number of ether oxygens (including phenoxy) is 3.